The fourth-order valence-corrected chi connectivity index (χ4v) is 2.79. The second-order valence-corrected chi connectivity index (χ2v) is 7.74. The average Bonchev–Trinajstić information content (AvgIpc) is 3.19. The molecule has 0 bridgehead atoms. The van der Waals surface area contributed by atoms with E-state index in [9.17, 15) is 14.4 Å². The van der Waals surface area contributed by atoms with Gasteiger partial charge in [-0.1, -0.05) is 57.2 Å². The molecule has 1 rings (SSSR count). The molecular formula is C28H52N4O3. The molecule has 4 N–H and O–H groups in total. The third-order valence-corrected chi connectivity index (χ3v) is 4.81. The van der Waals surface area contributed by atoms with Crippen molar-refractivity contribution in [3.05, 3.63) is 37.0 Å². The monoisotopic (exact) mass is 492 g/mol. The molecule has 35 heavy (non-hydrogen) atoms. The number of nitrogens with one attached hydrogen (secondary N) is 2. The van der Waals surface area contributed by atoms with E-state index < -0.39 is 0 Å². The highest BCUT2D eigenvalue weighted by Crippen LogP contribution is 2.25. The van der Waals surface area contributed by atoms with E-state index in [1.807, 2.05) is 26.0 Å². The van der Waals surface area contributed by atoms with Crippen LogP contribution < -0.4 is 16.4 Å². The quantitative estimate of drug-likeness (QED) is 0.133. The lowest BCUT2D eigenvalue weighted by Crippen LogP contribution is -2.38. The molecule has 3 unspecified atom stereocenters. The van der Waals surface area contributed by atoms with E-state index in [0.717, 1.165) is 12.7 Å². The SMILES string of the molecule is C#C.C/C=C\C.C=C/C=C/CNC=O.CC1CCC(CCC(C=O)NC(=O)CCN)N1C.CCC. The van der Waals surface area contributed by atoms with Gasteiger partial charge in [0, 0.05) is 31.6 Å². The van der Waals surface area contributed by atoms with E-state index >= 15 is 0 Å². The molecule has 1 aliphatic rings. The topological polar surface area (TPSA) is 105 Å². The Kier molecular flexibility index (Phi) is 37.8. The number of amides is 2. The first-order chi connectivity index (χ1) is 16.8. The van der Waals surface area contributed by atoms with E-state index in [4.69, 9.17) is 5.73 Å². The molecule has 7 nitrogen and oxygen atoms in total. The molecule has 1 heterocycles. The van der Waals surface area contributed by atoms with Gasteiger partial charge in [-0.3, -0.25) is 9.59 Å². The van der Waals surface area contributed by atoms with E-state index in [1.165, 1.54) is 19.3 Å². The summed E-state index contributed by atoms with van der Waals surface area (Å²) in [4.78, 5) is 34.3. The van der Waals surface area contributed by atoms with E-state index in [0.29, 0.717) is 38.0 Å². The predicted molar refractivity (Wildman–Crippen MR) is 151 cm³/mol. The van der Waals surface area contributed by atoms with Crippen molar-refractivity contribution in [2.24, 2.45) is 5.73 Å². The van der Waals surface area contributed by atoms with Crippen molar-refractivity contribution >= 4 is 18.6 Å². The number of terminal acetylenes is 1. The smallest absolute Gasteiger partial charge is 0.221 e. The van der Waals surface area contributed by atoms with Crippen molar-refractivity contribution in [3.63, 3.8) is 0 Å². The summed E-state index contributed by atoms with van der Waals surface area (Å²) in [6.07, 6.45) is 24.3. The lowest BCUT2D eigenvalue weighted by molar-refractivity contribution is -0.124. The third-order valence-electron chi connectivity index (χ3n) is 4.81. The highest BCUT2D eigenvalue weighted by atomic mass is 16.2. The maximum Gasteiger partial charge on any atom is 0.221 e. The zero-order valence-electron chi connectivity index (χ0n) is 23.0. The van der Waals surface area contributed by atoms with Crippen molar-refractivity contribution < 1.29 is 14.4 Å². The summed E-state index contributed by atoms with van der Waals surface area (Å²) in [5.41, 5.74) is 5.30. The van der Waals surface area contributed by atoms with Crippen molar-refractivity contribution in [2.45, 2.75) is 91.3 Å². The lowest BCUT2D eigenvalue weighted by Gasteiger charge is -2.24. The van der Waals surface area contributed by atoms with Gasteiger partial charge in [-0.25, -0.2) is 0 Å². The number of aldehydes is 1. The van der Waals surface area contributed by atoms with Gasteiger partial charge in [0.25, 0.3) is 0 Å². The number of nitrogens with zero attached hydrogens (tertiary/aromatic N) is 1. The number of hydrogen-bond donors (Lipinski definition) is 3. The maximum absolute atomic E-state index is 11.4. The maximum atomic E-state index is 11.4. The summed E-state index contributed by atoms with van der Waals surface area (Å²) in [6, 6.07) is 0.790. The van der Waals surface area contributed by atoms with Crippen LogP contribution in [0.15, 0.2) is 37.0 Å². The minimum atomic E-state index is -0.367. The Bertz CT molecular complexity index is 570. The number of allylic oxidation sites excluding steroid dienone is 4. The molecule has 7 heteroatoms. The van der Waals surface area contributed by atoms with Crippen LogP contribution >= 0.6 is 0 Å². The Labute approximate surface area is 215 Å². The molecule has 0 saturated carbocycles. The minimum Gasteiger partial charge on any atom is -0.355 e. The first-order valence-corrected chi connectivity index (χ1v) is 12.3. The van der Waals surface area contributed by atoms with Crippen molar-refractivity contribution in [1.29, 1.82) is 0 Å². The summed E-state index contributed by atoms with van der Waals surface area (Å²) in [7, 11) is 2.13. The van der Waals surface area contributed by atoms with Crippen LogP contribution in [0.5, 0.6) is 0 Å². The van der Waals surface area contributed by atoms with Gasteiger partial charge in [-0.15, -0.1) is 12.8 Å². The summed E-state index contributed by atoms with van der Waals surface area (Å²) in [6.45, 7) is 14.8. The summed E-state index contributed by atoms with van der Waals surface area (Å²) >= 11 is 0. The number of carbonyl (C=O) groups excluding carboxylic acids is 3. The molecule has 1 fully saturated rings. The third kappa shape index (κ3) is 29.3. The normalized spacial score (nSPS) is 17.1. The Morgan fingerprint density at radius 2 is 1.77 bits per heavy atom. The molecule has 0 aliphatic carbocycles. The van der Waals surface area contributed by atoms with Gasteiger partial charge in [-0.2, -0.15) is 0 Å². The highest BCUT2D eigenvalue weighted by molar-refractivity contribution is 5.79. The van der Waals surface area contributed by atoms with Crippen molar-refractivity contribution in [2.75, 3.05) is 20.1 Å². The number of rotatable bonds is 11. The first-order valence-electron chi connectivity index (χ1n) is 12.3. The van der Waals surface area contributed by atoms with Gasteiger partial charge >= 0.3 is 0 Å². The number of likely N-dealkylation sites (tertiary alicyclic amines) is 1. The zero-order valence-corrected chi connectivity index (χ0v) is 23.0. The Morgan fingerprint density at radius 3 is 2.14 bits per heavy atom. The molecule has 0 spiro atoms. The molecule has 202 valence electrons. The van der Waals surface area contributed by atoms with Crippen molar-refractivity contribution in [1.82, 2.24) is 15.5 Å². The average molecular weight is 493 g/mol. The van der Waals surface area contributed by atoms with Crippen LogP contribution in [0.4, 0.5) is 0 Å². The zero-order chi connectivity index (χ0) is 27.9. The van der Waals surface area contributed by atoms with Gasteiger partial charge < -0.3 is 26.1 Å². The van der Waals surface area contributed by atoms with Crippen LogP contribution in [0.1, 0.15) is 73.1 Å². The van der Waals surface area contributed by atoms with Crippen LogP contribution in [0, 0.1) is 12.8 Å². The molecule has 0 aromatic carbocycles. The standard InChI is InChI=1S/C13H25N3O2.C6H9NO.C4H8.C3H8.C2H2/c1-10-3-5-12(16(10)2)6-4-11(9-17)15-13(18)7-8-14;1-2-3-4-5-7-6-8;1-3-4-2;1-3-2;1-2/h9-12H,3-8,14H2,1-2H3,(H,15,18);2-4,6H,1,5H2,(H,7,8);3-4H,1-2H3;3H2,1-2H3;1-2H/b;4-3+;4-3-;;. The Hall–Kier alpha value is -2.69. The van der Waals surface area contributed by atoms with Gasteiger partial charge in [-0.05, 0) is 53.5 Å². The fraction of sp³-hybridized carbons (Fsp3) is 0.607. The van der Waals surface area contributed by atoms with E-state index in [1.54, 1.807) is 18.2 Å². The fourth-order valence-electron chi connectivity index (χ4n) is 2.79. The minimum absolute atomic E-state index is 0.136. The summed E-state index contributed by atoms with van der Waals surface area (Å²) in [5, 5.41) is 5.18. The highest BCUT2D eigenvalue weighted by Gasteiger charge is 2.27. The molecule has 0 aromatic heterocycles. The number of carbonyl (C=O) groups is 3. The van der Waals surface area contributed by atoms with Crippen LogP contribution in [-0.2, 0) is 14.4 Å². The molecular weight excluding hydrogens is 440 g/mol. The van der Waals surface area contributed by atoms with Crippen molar-refractivity contribution in [3.8, 4) is 12.8 Å². The van der Waals surface area contributed by atoms with E-state index in [-0.39, 0.29) is 18.4 Å². The second-order valence-electron chi connectivity index (χ2n) is 7.74. The van der Waals surface area contributed by atoms with Gasteiger partial charge in [0.1, 0.15) is 6.29 Å². The van der Waals surface area contributed by atoms with Crippen LogP contribution in [0.3, 0.4) is 0 Å². The molecule has 0 radical (unpaired) electrons. The summed E-state index contributed by atoms with van der Waals surface area (Å²) in [5.74, 6) is -0.136. The largest absolute Gasteiger partial charge is 0.355 e. The van der Waals surface area contributed by atoms with Crippen LogP contribution in [0.25, 0.3) is 0 Å². The Balaban J connectivity index is -0.000000234. The van der Waals surface area contributed by atoms with Gasteiger partial charge in [0.05, 0.1) is 6.04 Å². The lowest BCUT2D eigenvalue weighted by atomic mass is 10.0. The second kappa shape index (κ2) is 33.5. The van der Waals surface area contributed by atoms with Crippen LogP contribution in [-0.4, -0.2) is 61.8 Å². The van der Waals surface area contributed by atoms with Gasteiger partial charge in [0.15, 0.2) is 0 Å². The van der Waals surface area contributed by atoms with E-state index in [2.05, 4.69) is 62.8 Å². The summed E-state index contributed by atoms with van der Waals surface area (Å²) < 4.78 is 0. The first kappa shape index (κ1) is 39.5. The predicted octanol–water partition coefficient (Wildman–Crippen LogP) is 4.00. The van der Waals surface area contributed by atoms with Gasteiger partial charge in [0.2, 0.25) is 12.3 Å². The van der Waals surface area contributed by atoms with Crippen LogP contribution in [0.2, 0.25) is 0 Å². The Morgan fingerprint density at radius 1 is 1.20 bits per heavy atom. The molecule has 2 amide bonds. The number of hydrogen-bond acceptors (Lipinski definition) is 5. The molecule has 1 aliphatic heterocycles. The molecule has 3 atom stereocenters. The number of nitrogens with two attached hydrogens (primary N) is 1. The molecule has 1 saturated heterocycles. The molecule has 0 aromatic rings.